The second-order valence-electron chi connectivity index (χ2n) is 5.96. The van der Waals surface area contributed by atoms with Crippen molar-refractivity contribution in [2.75, 3.05) is 37.8 Å². The lowest BCUT2D eigenvalue weighted by atomic mass is 10.2. The number of nitro benzene ring substituents is 1. The molecule has 0 spiro atoms. The van der Waals surface area contributed by atoms with E-state index in [1.165, 1.54) is 0 Å². The number of nitro groups is 1. The second-order valence-corrected chi connectivity index (χ2v) is 5.96. The molecule has 2 aromatic heterocycles. The molecule has 0 saturated heterocycles. The molecule has 136 valence electrons. The summed E-state index contributed by atoms with van der Waals surface area (Å²) in [6, 6.07) is 6.91. The number of aromatic nitrogens is 3. The molecule has 2 heterocycles. The summed E-state index contributed by atoms with van der Waals surface area (Å²) in [5.41, 5.74) is 1.10. The Morgan fingerprint density at radius 1 is 1.23 bits per heavy atom. The highest BCUT2D eigenvalue weighted by molar-refractivity contribution is 6.00. The first-order chi connectivity index (χ1) is 12.6. The molecule has 0 aliphatic rings. The molecule has 3 aromatic rings. The molecule has 3 rings (SSSR count). The van der Waals surface area contributed by atoms with Crippen molar-refractivity contribution in [2.45, 2.75) is 6.42 Å². The number of rotatable bonds is 8. The van der Waals surface area contributed by atoms with Crippen molar-refractivity contribution in [3.8, 4) is 0 Å². The fraction of sp³-hybridized carbons (Fsp3) is 0.312. The molecule has 0 amide bonds. The summed E-state index contributed by atoms with van der Waals surface area (Å²) in [6.45, 7) is 1.60. The highest BCUT2D eigenvalue weighted by atomic mass is 16.6. The molecule has 0 bridgehead atoms. The van der Waals surface area contributed by atoms with Crippen LogP contribution in [0.25, 0.3) is 11.0 Å². The van der Waals surface area contributed by atoms with Gasteiger partial charge in [-0.25, -0.2) is 9.61 Å². The Balaban J connectivity index is 1.96. The summed E-state index contributed by atoms with van der Waals surface area (Å²) < 4.78 is 4.75. The predicted molar refractivity (Wildman–Crippen MR) is 97.6 cm³/mol. The van der Waals surface area contributed by atoms with Crippen molar-refractivity contribution in [1.29, 1.82) is 0 Å². The third-order valence-corrected chi connectivity index (χ3v) is 3.72. The molecule has 0 aliphatic heterocycles. The Kier molecular flexibility index (Phi) is 5.23. The SMILES string of the molecule is CN(C)CCCNc1cc(Nc2ccccn2)c([N+](=O)[O-])c2nonc12. The molecule has 0 fully saturated rings. The van der Waals surface area contributed by atoms with Crippen molar-refractivity contribution in [3.63, 3.8) is 0 Å². The van der Waals surface area contributed by atoms with E-state index in [4.69, 9.17) is 4.63 Å². The number of nitrogens with one attached hydrogen (secondary N) is 2. The van der Waals surface area contributed by atoms with Crippen LogP contribution in [0, 0.1) is 10.1 Å². The minimum Gasteiger partial charge on any atom is -0.383 e. The molecular weight excluding hydrogens is 338 g/mol. The van der Waals surface area contributed by atoms with Gasteiger partial charge < -0.3 is 15.5 Å². The summed E-state index contributed by atoms with van der Waals surface area (Å²) in [5, 5.41) is 25.3. The van der Waals surface area contributed by atoms with E-state index in [9.17, 15) is 10.1 Å². The minimum absolute atomic E-state index is 0.0889. The van der Waals surface area contributed by atoms with Gasteiger partial charge in [0.25, 0.3) is 0 Å². The van der Waals surface area contributed by atoms with E-state index >= 15 is 0 Å². The lowest BCUT2D eigenvalue weighted by Gasteiger charge is -2.12. The van der Waals surface area contributed by atoms with Gasteiger partial charge in [0, 0.05) is 12.7 Å². The first kappa shape index (κ1) is 17.5. The first-order valence-corrected chi connectivity index (χ1v) is 8.06. The van der Waals surface area contributed by atoms with E-state index in [0.29, 0.717) is 23.6 Å². The van der Waals surface area contributed by atoms with E-state index in [1.807, 2.05) is 14.1 Å². The van der Waals surface area contributed by atoms with Gasteiger partial charge in [0.05, 0.1) is 10.6 Å². The largest absolute Gasteiger partial charge is 0.383 e. The molecule has 0 aliphatic carbocycles. The third kappa shape index (κ3) is 3.86. The number of nitrogens with zero attached hydrogens (tertiary/aromatic N) is 5. The second kappa shape index (κ2) is 7.74. The highest BCUT2D eigenvalue weighted by Gasteiger charge is 2.26. The number of pyridine rings is 1. The maximum atomic E-state index is 11.6. The zero-order chi connectivity index (χ0) is 18.5. The molecule has 0 atom stereocenters. The van der Waals surface area contributed by atoms with Gasteiger partial charge in [-0.15, -0.1) is 0 Å². The monoisotopic (exact) mass is 357 g/mol. The molecule has 26 heavy (non-hydrogen) atoms. The van der Waals surface area contributed by atoms with Gasteiger partial charge in [0.1, 0.15) is 11.5 Å². The van der Waals surface area contributed by atoms with Crippen molar-refractivity contribution >= 4 is 33.9 Å². The fourth-order valence-corrected chi connectivity index (χ4v) is 2.54. The Labute approximate surface area is 149 Å². The molecule has 0 radical (unpaired) electrons. The van der Waals surface area contributed by atoms with Gasteiger partial charge in [0.2, 0.25) is 5.52 Å². The van der Waals surface area contributed by atoms with Crippen LogP contribution in [-0.4, -0.2) is 52.3 Å². The number of fused-ring (bicyclic) bond motifs is 1. The Morgan fingerprint density at radius 3 is 2.73 bits per heavy atom. The van der Waals surface area contributed by atoms with Gasteiger partial charge in [-0.3, -0.25) is 10.1 Å². The van der Waals surface area contributed by atoms with E-state index < -0.39 is 4.92 Å². The fourth-order valence-electron chi connectivity index (χ4n) is 2.54. The smallest absolute Gasteiger partial charge is 0.324 e. The Morgan fingerprint density at radius 2 is 2.04 bits per heavy atom. The quantitative estimate of drug-likeness (QED) is 0.356. The Hall–Kier alpha value is -3.27. The van der Waals surface area contributed by atoms with Crippen LogP contribution in [-0.2, 0) is 0 Å². The van der Waals surface area contributed by atoms with E-state index in [1.54, 1.807) is 30.5 Å². The van der Waals surface area contributed by atoms with Crippen molar-refractivity contribution < 1.29 is 9.55 Å². The number of hydrogen-bond acceptors (Lipinski definition) is 9. The normalized spacial score (nSPS) is 11.0. The molecule has 10 nitrogen and oxygen atoms in total. The average molecular weight is 357 g/mol. The lowest BCUT2D eigenvalue weighted by molar-refractivity contribution is -0.382. The minimum atomic E-state index is -0.506. The summed E-state index contributed by atoms with van der Waals surface area (Å²) in [5.74, 6) is 0.491. The molecule has 0 unspecified atom stereocenters. The van der Waals surface area contributed by atoms with Crippen LogP contribution in [0.4, 0.5) is 22.9 Å². The van der Waals surface area contributed by atoms with E-state index in [-0.39, 0.29) is 16.9 Å². The molecule has 10 heteroatoms. The van der Waals surface area contributed by atoms with Gasteiger partial charge >= 0.3 is 5.69 Å². The topological polar surface area (TPSA) is 122 Å². The summed E-state index contributed by atoms with van der Waals surface area (Å²) in [6.07, 6.45) is 2.50. The van der Waals surface area contributed by atoms with Gasteiger partial charge in [-0.2, -0.15) is 0 Å². The molecular formula is C16H19N7O3. The molecule has 2 N–H and O–H groups in total. The van der Waals surface area contributed by atoms with Gasteiger partial charge in [0.15, 0.2) is 5.52 Å². The highest BCUT2D eigenvalue weighted by Crippen LogP contribution is 2.37. The van der Waals surface area contributed by atoms with Gasteiger partial charge in [-0.1, -0.05) is 6.07 Å². The molecule has 0 saturated carbocycles. The zero-order valence-corrected chi connectivity index (χ0v) is 14.5. The number of hydrogen-bond donors (Lipinski definition) is 2. The van der Waals surface area contributed by atoms with E-state index in [2.05, 4.69) is 30.8 Å². The van der Waals surface area contributed by atoms with Crippen LogP contribution in [0.1, 0.15) is 6.42 Å². The van der Waals surface area contributed by atoms with Crippen LogP contribution in [0.5, 0.6) is 0 Å². The maximum Gasteiger partial charge on any atom is 0.324 e. The maximum absolute atomic E-state index is 11.6. The zero-order valence-electron chi connectivity index (χ0n) is 14.5. The van der Waals surface area contributed by atoms with E-state index in [0.717, 1.165) is 13.0 Å². The van der Waals surface area contributed by atoms with Crippen molar-refractivity contribution in [2.24, 2.45) is 0 Å². The lowest BCUT2D eigenvalue weighted by Crippen LogP contribution is -2.16. The van der Waals surface area contributed by atoms with Crippen LogP contribution < -0.4 is 10.6 Å². The summed E-state index contributed by atoms with van der Waals surface area (Å²) in [4.78, 5) is 17.3. The summed E-state index contributed by atoms with van der Waals surface area (Å²) >= 11 is 0. The van der Waals surface area contributed by atoms with Crippen LogP contribution in [0.2, 0.25) is 0 Å². The number of benzene rings is 1. The summed E-state index contributed by atoms with van der Waals surface area (Å²) in [7, 11) is 4.00. The number of anilines is 3. The van der Waals surface area contributed by atoms with Crippen LogP contribution in [0.3, 0.4) is 0 Å². The predicted octanol–water partition coefficient (Wildman–Crippen LogP) is 2.63. The van der Waals surface area contributed by atoms with Crippen molar-refractivity contribution in [1.82, 2.24) is 20.2 Å². The standard InChI is InChI=1S/C16H19N7O3/c1-22(2)9-5-8-17-11-10-12(19-13-6-3-4-7-18-13)16(23(24)25)15-14(11)20-26-21-15/h3-4,6-7,10,17H,5,8-9H2,1-2H3,(H,18,19). The Bertz CT molecular complexity index is 895. The molecule has 1 aromatic carbocycles. The van der Waals surface area contributed by atoms with Crippen molar-refractivity contribution in [3.05, 3.63) is 40.6 Å². The van der Waals surface area contributed by atoms with Crippen LogP contribution in [0.15, 0.2) is 35.1 Å². The average Bonchev–Trinajstić information content (AvgIpc) is 3.08. The van der Waals surface area contributed by atoms with Gasteiger partial charge in [-0.05, 0) is 55.6 Å². The first-order valence-electron chi connectivity index (χ1n) is 8.06. The third-order valence-electron chi connectivity index (χ3n) is 3.72. The van der Waals surface area contributed by atoms with Crippen LogP contribution >= 0.6 is 0 Å².